The molecule has 3 rings (SSSR count). The zero-order valence-electron chi connectivity index (χ0n) is 23.3. The maximum atomic E-state index is 13.5. The number of amides is 4. The summed E-state index contributed by atoms with van der Waals surface area (Å²) >= 11 is 0. The Morgan fingerprint density at radius 2 is 1.87 bits per heavy atom. The third-order valence-corrected chi connectivity index (χ3v) is 6.66. The van der Waals surface area contributed by atoms with E-state index in [0.717, 1.165) is 13.0 Å². The van der Waals surface area contributed by atoms with E-state index in [1.807, 2.05) is 25.7 Å². The molecule has 0 aliphatic carbocycles. The number of nitrogens with one attached hydrogen (secondary N) is 2. The van der Waals surface area contributed by atoms with Crippen LogP contribution in [0.3, 0.4) is 0 Å². The first-order valence-corrected chi connectivity index (χ1v) is 13.2. The molecule has 2 N–H and O–H groups in total. The standard InChI is InChI=1S/C27H41N5O6/c1-7-32-21(17-30-12-9-13-31(15-14-30)26(34)28-18(3)4)23(25(33)38-8-2)24(29-27(32)35)20-16-19(36-5)10-11-22(20)37-6/h10-11,16,18,24H,7-9,12-15,17H2,1-6H3,(H,28,34)(H,29,35)/t24-/m0/s1. The third-order valence-electron chi connectivity index (χ3n) is 6.66. The van der Waals surface area contributed by atoms with Crippen LogP contribution >= 0.6 is 0 Å². The van der Waals surface area contributed by atoms with Gasteiger partial charge in [-0.15, -0.1) is 0 Å². The smallest absolute Gasteiger partial charge is 0.338 e. The van der Waals surface area contributed by atoms with Gasteiger partial charge in [0.2, 0.25) is 0 Å². The normalized spacial score (nSPS) is 18.7. The summed E-state index contributed by atoms with van der Waals surface area (Å²) in [5.74, 6) is 0.595. The number of carbonyl (C=O) groups is 3. The molecule has 1 aromatic rings. The summed E-state index contributed by atoms with van der Waals surface area (Å²) in [5.41, 5.74) is 1.55. The summed E-state index contributed by atoms with van der Waals surface area (Å²) in [4.78, 5) is 44.9. The molecule has 0 unspecified atom stereocenters. The van der Waals surface area contributed by atoms with Crippen LogP contribution in [0.25, 0.3) is 0 Å². The summed E-state index contributed by atoms with van der Waals surface area (Å²) in [7, 11) is 3.10. The first-order chi connectivity index (χ1) is 18.2. The molecule has 0 spiro atoms. The van der Waals surface area contributed by atoms with E-state index in [2.05, 4.69) is 15.5 Å². The number of hydrogen-bond acceptors (Lipinski definition) is 7. The lowest BCUT2D eigenvalue weighted by atomic mass is 9.93. The van der Waals surface area contributed by atoms with Crippen LogP contribution in [0.5, 0.6) is 11.5 Å². The summed E-state index contributed by atoms with van der Waals surface area (Å²) < 4.78 is 16.5. The molecule has 1 fully saturated rings. The highest BCUT2D eigenvalue weighted by Gasteiger charge is 2.39. The average Bonchev–Trinajstić information content (AvgIpc) is 3.13. The molecule has 0 aromatic heterocycles. The van der Waals surface area contributed by atoms with Crippen molar-refractivity contribution in [2.24, 2.45) is 0 Å². The van der Waals surface area contributed by atoms with Crippen molar-refractivity contribution in [3.63, 3.8) is 0 Å². The molecule has 2 aliphatic heterocycles. The van der Waals surface area contributed by atoms with Gasteiger partial charge in [-0.1, -0.05) is 0 Å². The Balaban J connectivity index is 2.02. The quantitative estimate of drug-likeness (QED) is 0.471. The van der Waals surface area contributed by atoms with Gasteiger partial charge in [0.15, 0.2) is 0 Å². The predicted octanol–water partition coefficient (Wildman–Crippen LogP) is 2.73. The second-order valence-corrected chi connectivity index (χ2v) is 9.54. The Morgan fingerprint density at radius 3 is 2.50 bits per heavy atom. The van der Waals surface area contributed by atoms with E-state index in [-0.39, 0.29) is 24.7 Å². The van der Waals surface area contributed by atoms with Gasteiger partial charge in [0.25, 0.3) is 0 Å². The molecule has 11 nitrogen and oxygen atoms in total. The molecule has 4 amide bonds. The first kappa shape index (κ1) is 29.1. The van der Waals surface area contributed by atoms with Crippen molar-refractivity contribution in [2.75, 3.05) is 60.1 Å². The molecular formula is C27H41N5O6. The number of benzene rings is 1. The number of likely N-dealkylation sites (N-methyl/N-ethyl adjacent to an activating group) is 1. The summed E-state index contributed by atoms with van der Waals surface area (Å²) in [6.45, 7) is 10.9. The molecule has 0 radical (unpaired) electrons. The zero-order valence-corrected chi connectivity index (χ0v) is 23.3. The number of carbonyl (C=O) groups excluding carboxylic acids is 3. The van der Waals surface area contributed by atoms with Gasteiger partial charge in [-0.05, 0) is 52.3 Å². The Morgan fingerprint density at radius 1 is 1.11 bits per heavy atom. The summed E-state index contributed by atoms with van der Waals surface area (Å²) in [6, 6.07) is 4.16. The van der Waals surface area contributed by atoms with Crippen molar-refractivity contribution in [1.82, 2.24) is 25.3 Å². The molecule has 2 heterocycles. The van der Waals surface area contributed by atoms with Gasteiger partial charge in [0.1, 0.15) is 11.5 Å². The number of nitrogens with zero attached hydrogens (tertiary/aromatic N) is 3. The molecule has 38 heavy (non-hydrogen) atoms. The fourth-order valence-electron chi connectivity index (χ4n) is 4.84. The molecule has 1 saturated heterocycles. The molecule has 2 aliphatic rings. The van der Waals surface area contributed by atoms with Crippen LogP contribution in [0, 0.1) is 0 Å². The monoisotopic (exact) mass is 531 g/mol. The van der Waals surface area contributed by atoms with Crippen LogP contribution in [0.1, 0.15) is 45.7 Å². The third kappa shape index (κ3) is 6.69. The average molecular weight is 532 g/mol. The lowest BCUT2D eigenvalue weighted by molar-refractivity contribution is -0.139. The number of esters is 1. The van der Waals surface area contributed by atoms with Gasteiger partial charge >= 0.3 is 18.0 Å². The second kappa shape index (κ2) is 13.4. The van der Waals surface area contributed by atoms with Crippen molar-refractivity contribution >= 4 is 18.0 Å². The van der Waals surface area contributed by atoms with Gasteiger partial charge in [0, 0.05) is 56.6 Å². The van der Waals surface area contributed by atoms with E-state index in [9.17, 15) is 14.4 Å². The Labute approximate surface area is 225 Å². The van der Waals surface area contributed by atoms with Crippen molar-refractivity contribution < 1.29 is 28.6 Å². The molecule has 11 heteroatoms. The van der Waals surface area contributed by atoms with Crippen molar-refractivity contribution in [3.8, 4) is 11.5 Å². The molecule has 0 saturated carbocycles. The largest absolute Gasteiger partial charge is 0.497 e. The predicted molar refractivity (Wildman–Crippen MR) is 143 cm³/mol. The lowest BCUT2D eigenvalue weighted by Gasteiger charge is -2.38. The maximum Gasteiger partial charge on any atom is 0.338 e. The van der Waals surface area contributed by atoms with Gasteiger partial charge in [-0.25, -0.2) is 14.4 Å². The second-order valence-electron chi connectivity index (χ2n) is 9.54. The van der Waals surface area contributed by atoms with Crippen LogP contribution in [0.2, 0.25) is 0 Å². The van der Waals surface area contributed by atoms with Crippen molar-refractivity contribution in [1.29, 1.82) is 0 Å². The Hall–Kier alpha value is -3.47. The van der Waals surface area contributed by atoms with E-state index in [1.54, 1.807) is 44.2 Å². The van der Waals surface area contributed by atoms with E-state index in [1.165, 1.54) is 0 Å². The molecule has 0 bridgehead atoms. The highest BCUT2D eigenvalue weighted by atomic mass is 16.5. The molecule has 1 aromatic carbocycles. The number of rotatable bonds is 9. The van der Waals surface area contributed by atoms with Crippen LogP contribution in [-0.2, 0) is 9.53 Å². The van der Waals surface area contributed by atoms with Crippen molar-refractivity contribution in [2.45, 2.75) is 46.2 Å². The number of urea groups is 2. The molecule has 1 atom stereocenters. The first-order valence-electron chi connectivity index (χ1n) is 13.2. The summed E-state index contributed by atoms with van der Waals surface area (Å²) in [6.07, 6.45) is 0.777. The topological polar surface area (TPSA) is 113 Å². The number of ether oxygens (including phenoxy) is 3. The van der Waals surface area contributed by atoms with E-state index in [4.69, 9.17) is 14.2 Å². The zero-order chi connectivity index (χ0) is 27.8. The fraction of sp³-hybridized carbons (Fsp3) is 0.593. The number of hydrogen-bond donors (Lipinski definition) is 2. The number of methoxy groups -OCH3 is 2. The van der Waals surface area contributed by atoms with E-state index < -0.39 is 12.0 Å². The minimum Gasteiger partial charge on any atom is -0.497 e. The minimum atomic E-state index is -0.787. The SMILES string of the molecule is CCOC(=O)C1=C(CN2CCCN(C(=O)NC(C)C)CC2)N(CC)C(=O)N[C@H]1c1cc(OC)ccc1OC. The van der Waals surface area contributed by atoms with E-state index >= 15 is 0 Å². The lowest BCUT2D eigenvalue weighted by Crippen LogP contribution is -2.51. The van der Waals surface area contributed by atoms with Crippen LogP contribution in [-0.4, -0.2) is 98.9 Å². The highest BCUT2D eigenvalue weighted by molar-refractivity contribution is 5.95. The van der Waals surface area contributed by atoms with Crippen LogP contribution < -0.4 is 20.1 Å². The van der Waals surface area contributed by atoms with Crippen LogP contribution in [0.15, 0.2) is 29.5 Å². The van der Waals surface area contributed by atoms with Gasteiger partial charge in [0.05, 0.1) is 32.4 Å². The Bertz CT molecular complexity index is 1040. The van der Waals surface area contributed by atoms with Gasteiger partial charge < -0.3 is 29.7 Å². The fourth-order valence-corrected chi connectivity index (χ4v) is 4.84. The van der Waals surface area contributed by atoms with Gasteiger partial charge in [-0.3, -0.25) is 9.80 Å². The minimum absolute atomic E-state index is 0.0588. The highest BCUT2D eigenvalue weighted by Crippen LogP contribution is 2.38. The van der Waals surface area contributed by atoms with Gasteiger partial charge in [-0.2, -0.15) is 0 Å². The van der Waals surface area contributed by atoms with Crippen LogP contribution in [0.4, 0.5) is 9.59 Å². The maximum absolute atomic E-state index is 13.5. The Kier molecular flexibility index (Phi) is 10.2. The molecular weight excluding hydrogens is 490 g/mol. The van der Waals surface area contributed by atoms with E-state index in [0.29, 0.717) is 61.1 Å². The van der Waals surface area contributed by atoms with Crippen molar-refractivity contribution in [3.05, 3.63) is 35.0 Å². The molecule has 210 valence electrons. The summed E-state index contributed by atoms with van der Waals surface area (Å²) in [5, 5.41) is 5.94.